The minimum atomic E-state index is -1.96. The summed E-state index contributed by atoms with van der Waals surface area (Å²) in [6, 6.07) is 0. The molecular weight excluding hydrogens is 395 g/mol. The lowest BCUT2D eigenvalue weighted by molar-refractivity contribution is -0.388. The SMILES string of the molecule is CCCN(CCC)N=CC(C(=O)OC)=C(O)c1c(F)c(C)c(F)c(F)c1[N+](=O)[O-]. The zero-order valence-electron chi connectivity index (χ0n) is 16.5. The maximum Gasteiger partial charge on any atom is 0.343 e. The molecular formula is C18H22F3N3O5. The van der Waals surface area contributed by atoms with E-state index in [2.05, 4.69) is 9.84 Å². The van der Waals surface area contributed by atoms with E-state index in [-0.39, 0.29) is 0 Å². The first-order valence-corrected chi connectivity index (χ1v) is 8.74. The Morgan fingerprint density at radius 1 is 1.21 bits per heavy atom. The van der Waals surface area contributed by atoms with Gasteiger partial charge >= 0.3 is 11.7 Å². The predicted molar refractivity (Wildman–Crippen MR) is 99.9 cm³/mol. The van der Waals surface area contributed by atoms with Crippen LogP contribution in [0.3, 0.4) is 0 Å². The van der Waals surface area contributed by atoms with E-state index in [0.717, 1.165) is 20.2 Å². The Morgan fingerprint density at radius 3 is 2.21 bits per heavy atom. The van der Waals surface area contributed by atoms with Crippen molar-refractivity contribution in [3.8, 4) is 0 Å². The Bertz CT molecular complexity index is 850. The lowest BCUT2D eigenvalue weighted by Crippen LogP contribution is -2.21. The molecule has 1 aromatic rings. The maximum atomic E-state index is 14.6. The second kappa shape index (κ2) is 10.4. The molecule has 0 heterocycles. The average molecular weight is 417 g/mol. The molecule has 0 aliphatic carbocycles. The second-order valence-electron chi connectivity index (χ2n) is 6.00. The maximum absolute atomic E-state index is 14.6. The van der Waals surface area contributed by atoms with Crippen LogP contribution in [0.5, 0.6) is 0 Å². The lowest BCUT2D eigenvalue weighted by atomic mass is 10.0. The standard InChI is InChI=1S/C18H22F3N3O5/c1-5-7-23(8-6-2)22-9-11(18(26)29-4)17(25)12-13(19)10(3)14(20)15(21)16(12)24(27)28/h9,25H,5-8H2,1-4H3. The van der Waals surface area contributed by atoms with Crippen molar-refractivity contribution in [2.75, 3.05) is 20.2 Å². The van der Waals surface area contributed by atoms with Gasteiger partial charge in [-0.15, -0.1) is 0 Å². The summed E-state index contributed by atoms with van der Waals surface area (Å²) in [7, 11) is 0.959. The smallest absolute Gasteiger partial charge is 0.343 e. The van der Waals surface area contributed by atoms with E-state index in [1.54, 1.807) is 5.01 Å². The van der Waals surface area contributed by atoms with Crippen LogP contribution in [0.25, 0.3) is 5.76 Å². The number of hydrazone groups is 1. The quantitative estimate of drug-likeness (QED) is 0.124. The van der Waals surface area contributed by atoms with Crippen LogP contribution >= 0.6 is 0 Å². The molecule has 0 saturated heterocycles. The molecule has 1 N–H and O–H groups in total. The molecule has 0 aromatic heterocycles. The number of halogens is 3. The fraction of sp³-hybridized carbons (Fsp3) is 0.444. The largest absolute Gasteiger partial charge is 0.506 e. The lowest BCUT2D eigenvalue weighted by Gasteiger charge is -2.17. The number of hydrogen-bond acceptors (Lipinski definition) is 7. The second-order valence-corrected chi connectivity index (χ2v) is 6.00. The molecule has 0 amide bonds. The van der Waals surface area contributed by atoms with Crippen molar-refractivity contribution in [1.29, 1.82) is 0 Å². The molecule has 0 unspecified atom stereocenters. The van der Waals surface area contributed by atoms with E-state index in [0.29, 0.717) is 25.9 Å². The van der Waals surface area contributed by atoms with Gasteiger partial charge in [0, 0.05) is 18.7 Å². The first-order valence-electron chi connectivity index (χ1n) is 8.74. The first-order chi connectivity index (χ1) is 13.6. The number of aliphatic hydroxyl groups excluding tert-OH is 1. The summed E-state index contributed by atoms with van der Waals surface area (Å²) in [6.45, 7) is 5.60. The number of ether oxygens (including phenoxy) is 1. The molecule has 1 rings (SSSR count). The minimum Gasteiger partial charge on any atom is -0.506 e. The molecule has 29 heavy (non-hydrogen) atoms. The van der Waals surface area contributed by atoms with E-state index >= 15 is 0 Å². The fourth-order valence-corrected chi connectivity index (χ4v) is 2.49. The van der Waals surface area contributed by atoms with Crippen molar-refractivity contribution in [3.63, 3.8) is 0 Å². The topological polar surface area (TPSA) is 105 Å². The number of carbonyl (C=O) groups excluding carboxylic acids is 1. The van der Waals surface area contributed by atoms with Crippen LogP contribution in [-0.2, 0) is 9.53 Å². The zero-order chi connectivity index (χ0) is 22.3. The molecule has 0 aliphatic heterocycles. The number of nitrogens with zero attached hydrogens (tertiary/aromatic N) is 3. The van der Waals surface area contributed by atoms with Crippen molar-refractivity contribution in [2.45, 2.75) is 33.6 Å². The van der Waals surface area contributed by atoms with E-state index in [1.165, 1.54) is 0 Å². The number of hydrogen-bond donors (Lipinski definition) is 1. The highest BCUT2D eigenvalue weighted by Crippen LogP contribution is 2.35. The Hall–Kier alpha value is -3.11. The molecule has 1 aromatic carbocycles. The van der Waals surface area contributed by atoms with Gasteiger partial charge in [0.05, 0.1) is 18.2 Å². The van der Waals surface area contributed by atoms with Gasteiger partial charge in [0.1, 0.15) is 22.7 Å². The van der Waals surface area contributed by atoms with Gasteiger partial charge in [-0.25, -0.2) is 13.6 Å². The molecule has 0 atom stereocenters. The molecule has 11 heteroatoms. The third-order valence-electron chi connectivity index (χ3n) is 3.91. The number of benzene rings is 1. The molecule has 160 valence electrons. The summed E-state index contributed by atoms with van der Waals surface area (Å²) >= 11 is 0. The fourth-order valence-electron chi connectivity index (χ4n) is 2.49. The third kappa shape index (κ3) is 5.24. The van der Waals surface area contributed by atoms with Gasteiger partial charge in [-0.05, 0) is 19.8 Å². The number of esters is 1. The Labute approximate surface area is 165 Å². The summed E-state index contributed by atoms with van der Waals surface area (Å²) in [4.78, 5) is 21.9. The monoisotopic (exact) mass is 417 g/mol. The van der Waals surface area contributed by atoms with Gasteiger partial charge in [0.15, 0.2) is 5.82 Å². The minimum absolute atomic E-state index is 0.498. The molecule has 0 fully saturated rings. The van der Waals surface area contributed by atoms with Gasteiger partial charge in [-0.2, -0.15) is 9.49 Å². The summed E-state index contributed by atoms with van der Waals surface area (Å²) in [6.07, 6.45) is 2.26. The number of aliphatic hydroxyl groups is 1. The molecule has 8 nitrogen and oxygen atoms in total. The van der Waals surface area contributed by atoms with Crippen molar-refractivity contribution in [3.05, 3.63) is 44.3 Å². The van der Waals surface area contributed by atoms with Crippen LogP contribution in [-0.4, -0.2) is 47.4 Å². The average Bonchev–Trinajstić information content (AvgIpc) is 2.68. The normalized spacial score (nSPS) is 12.1. The van der Waals surface area contributed by atoms with Crippen LogP contribution in [0, 0.1) is 34.5 Å². The van der Waals surface area contributed by atoms with Gasteiger partial charge in [0.25, 0.3) is 0 Å². The Balaban J connectivity index is 3.78. The van der Waals surface area contributed by atoms with Crippen LogP contribution in [0.1, 0.15) is 37.8 Å². The van der Waals surface area contributed by atoms with Gasteiger partial charge in [-0.1, -0.05) is 13.8 Å². The predicted octanol–water partition coefficient (Wildman–Crippen LogP) is 3.87. The van der Waals surface area contributed by atoms with Crippen LogP contribution < -0.4 is 0 Å². The number of carbonyl (C=O) groups is 1. The highest BCUT2D eigenvalue weighted by atomic mass is 19.2. The summed E-state index contributed by atoms with van der Waals surface area (Å²) in [5, 5.41) is 27.2. The van der Waals surface area contributed by atoms with Crippen molar-refractivity contribution >= 4 is 23.6 Å². The number of rotatable bonds is 9. The van der Waals surface area contributed by atoms with Crippen molar-refractivity contribution < 1.29 is 32.7 Å². The van der Waals surface area contributed by atoms with E-state index in [1.807, 2.05) is 13.8 Å². The van der Waals surface area contributed by atoms with Gasteiger partial charge in [0.2, 0.25) is 5.82 Å². The highest BCUT2D eigenvalue weighted by molar-refractivity contribution is 6.15. The number of nitro groups is 1. The Morgan fingerprint density at radius 2 is 1.76 bits per heavy atom. The van der Waals surface area contributed by atoms with Gasteiger partial charge in [-0.3, -0.25) is 15.1 Å². The van der Waals surface area contributed by atoms with Crippen molar-refractivity contribution in [1.82, 2.24) is 5.01 Å². The number of nitro benzene ring substituents is 1. The molecule has 0 radical (unpaired) electrons. The zero-order valence-corrected chi connectivity index (χ0v) is 16.5. The third-order valence-corrected chi connectivity index (χ3v) is 3.91. The summed E-state index contributed by atoms with van der Waals surface area (Å²) in [5.41, 5.74) is -4.56. The summed E-state index contributed by atoms with van der Waals surface area (Å²) in [5.74, 6) is -7.80. The van der Waals surface area contributed by atoms with Crippen molar-refractivity contribution in [2.24, 2.45) is 5.10 Å². The van der Waals surface area contributed by atoms with E-state index in [9.17, 15) is 33.2 Å². The molecule has 0 aliphatic rings. The van der Waals surface area contributed by atoms with Crippen LogP contribution in [0.4, 0.5) is 18.9 Å². The van der Waals surface area contributed by atoms with Crippen LogP contribution in [0.15, 0.2) is 10.7 Å². The van der Waals surface area contributed by atoms with E-state index < -0.39 is 56.5 Å². The molecule has 0 bridgehead atoms. The first kappa shape index (κ1) is 23.9. The Kier molecular flexibility index (Phi) is 8.61. The number of methoxy groups -OCH3 is 1. The summed E-state index contributed by atoms with van der Waals surface area (Å²) < 4.78 is 46.9. The van der Waals surface area contributed by atoms with Crippen LogP contribution in [0.2, 0.25) is 0 Å². The molecule has 0 spiro atoms. The van der Waals surface area contributed by atoms with Gasteiger partial charge < -0.3 is 9.84 Å². The molecule has 0 saturated carbocycles. The van der Waals surface area contributed by atoms with E-state index in [4.69, 9.17) is 0 Å². The highest BCUT2D eigenvalue weighted by Gasteiger charge is 2.35.